The maximum Gasteiger partial charge on any atom is 0.248 e. The minimum atomic E-state index is -2.59. The van der Waals surface area contributed by atoms with E-state index in [1.807, 2.05) is 30.4 Å². The number of halogens is 3. The Balaban J connectivity index is 1.37. The van der Waals surface area contributed by atoms with Crippen molar-refractivity contribution >= 4 is 6.08 Å². The average Bonchev–Trinajstić information content (AvgIpc) is 3.30. The topological polar surface area (TPSA) is 31.4 Å². The largest absolute Gasteiger partial charge is 0.347 e. The molecular weight excluding hydrogens is 391 g/mol. The lowest BCUT2D eigenvalue weighted by Gasteiger charge is -2.34. The lowest BCUT2D eigenvalue weighted by atomic mass is 9.76. The average molecular weight is 415 g/mol. The molecule has 6 heteroatoms. The SMILES string of the molecule is Fc1cccc(-c2ccc(/C=C/[C@H]3[C@@H]4CCC(F)(F)C[C@@H]4CC34OCCO4)nc2)c1. The van der Waals surface area contributed by atoms with Crippen molar-refractivity contribution in [2.45, 2.75) is 37.4 Å². The number of alkyl halides is 2. The zero-order valence-corrected chi connectivity index (χ0v) is 16.6. The molecule has 2 heterocycles. The number of pyridine rings is 1. The fourth-order valence-corrected chi connectivity index (χ4v) is 5.39. The van der Waals surface area contributed by atoms with Gasteiger partial charge in [0.25, 0.3) is 0 Å². The molecule has 1 aromatic carbocycles. The first-order valence-corrected chi connectivity index (χ1v) is 10.5. The monoisotopic (exact) mass is 415 g/mol. The Morgan fingerprint density at radius 2 is 1.87 bits per heavy atom. The minimum absolute atomic E-state index is 0.0641. The van der Waals surface area contributed by atoms with Gasteiger partial charge in [0.05, 0.1) is 18.9 Å². The van der Waals surface area contributed by atoms with E-state index in [1.54, 1.807) is 12.3 Å². The standard InChI is InChI=1S/C24H24F3NO2/c25-19-3-1-2-16(12-19)17-4-5-20(28-15-17)6-7-22-21-8-9-23(26,27)13-18(21)14-24(22)29-10-11-30-24/h1-7,12,15,18,21-22H,8-11,13-14H2/b7-6+/t18-,21-,22+/m1/s1. The summed E-state index contributed by atoms with van der Waals surface area (Å²) in [6.45, 7) is 1.00. The number of fused-ring (bicyclic) bond motifs is 1. The van der Waals surface area contributed by atoms with E-state index in [1.165, 1.54) is 12.1 Å². The van der Waals surface area contributed by atoms with Crippen molar-refractivity contribution in [2.24, 2.45) is 17.8 Å². The van der Waals surface area contributed by atoms with E-state index in [0.717, 1.165) is 16.8 Å². The summed E-state index contributed by atoms with van der Waals surface area (Å²) in [6.07, 6.45) is 6.50. The van der Waals surface area contributed by atoms with E-state index in [2.05, 4.69) is 4.98 Å². The summed E-state index contributed by atoms with van der Waals surface area (Å²) in [7, 11) is 0. The zero-order chi connectivity index (χ0) is 20.8. The zero-order valence-electron chi connectivity index (χ0n) is 16.6. The second-order valence-electron chi connectivity index (χ2n) is 8.60. The van der Waals surface area contributed by atoms with Gasteiger partial charge >= 0.3 is 0 Å². The molecule has 1 spiro atoms. The summed E-state index contributed by atoms with van der Waals surface area (Å²) >= 11 is 0. The van der Waals surface area contributed by atoms with Crippen LogP contribution in [-0.2, 0) is 9.47 Å². The van der Waals surface area contributed by atoms with Gasteiger partial charge in [0.15, 0.2) is 5.79 Å². The molecule has 1 saturated heterocycles. The van der Waals surface area contributed by atoms with Crippen LogP contribution in [0.2, 0.25) is 0 Å². The van der Waals surface area contributed by atoms with Gasteiger partial charge in [0.1, 0.15) is 5.82 Å². The number of benzene rings is 1. The van der Waals surface area contributed by atoms with Gasteiger partial charge in [-0.1, -0.05) is 24.3 Å². The van der Waals surface area contributed by atoms with Crippen molar-refractivity contribution < 1.29 is 22.6 Å². The molecule has 2 aliphatic carbocycles. The van der Waals surface area contributed by atoms with E-state index >= 15 is 0 Å². The van der Waals surface area contributed by atoms with Crippen LogP contribution < -0.4 is 0 Å². The summed E-state index contributed by atoms with van der Waals surface area (Å²) in [5.41, 5.74) is 2.36. The van der Waals surface area contributed by atoms with Crippen LogP contribution in [-0.4, -0.2) is 29.9 Å². The molecule has 2 aromatic rings. The molecule has 1 aliphatic heterocycles. The van der Waals surface area contributed by atoms with E-state index in [0.29, 0.717) is 26.1 Å². The maximum atomic E-state index is 14.0. The number of hydrogen-bond acceptors (Lipinski definition) is 3. The van der Waals surface area contributed by atoms with E-state index in [9.17, 15) is 13.2 Å². The molecular formula is C24H24F3NO2. The Bertz CT molecular complexity index is 938. The third-order valence-corrected chi connectivity index (χ3v) is 6.72. The van der Waals surface area contributed by atoms with Crippen molar-refractivity contribution in [3.63, 3.8) is 0 Å². The molecule has 30 heavy (non-hydrogen) atoms. The van der Waals surface area contributed by atoms with Gasteiger partial charge in [0.2, 0.25) is 5.92 Å². The molecule has 5 rings (SSSR count). The highest BCUT2D eigenvalue weighted by Gasteiger charge is 2.59. The first-order valence-electron chi connectivity index (χ1n) is 10.5. The number of nitrogens with zero attached hydrogens (tertiary/aromatic N) is 1. The molecule has 158 valence electrons. The minimum Gasteiger partial charge on any atom is -0.347 e. The summed E-state index contributed by atoms with van der Waals surface area (Å²) in [5.74, 6) is -3.69. The highest BCUT2D eigenvalue weighted by atomic mass is 19.3. The summed E-state index contributed by atoms with van der Waals surface area (Å²) in [4.78, 5) is 4.48. The van der Waals surface area contributed by atoms with Gasteiger partial charge in [-0.15, -0.1) is 0 Å². The fraction of sp³-hybridized carbons (Fsp3) is 0.458. The van der Waals surface area contributed by atoms with Gasteiger partial charge in [-0.25, -0.2) is 13.2 Å². The second kappa shape index (κ2) is 7.50. The van der Waals surface area contributed by atoms with Crippen LogP contribution in [0.15, 0.2) is 48.7 Å². The first kappa shape index (κ1) is 19.8. The first-order chi connectivity index (χ1) is 14.4. The molecule has 0 radical (unpaired) electrons. The molecule has 0 unspecified atom stereocenters. The lowest BCUT2D eigenvalue weighted by Crippen LogP contribution is -2.36. The normalized spacial score (nSPS) is 29.5. The Morgan fingerprint density at radius 3 is 2.60 bits per heavy atom. The molecule has 1 aromatic heterocycles. The molecule has 2 saturated carbocycles. The number of hydrogen-bond donors (Lipinski definition) is 0. The summed E-state index contributed by atoms with van der Waals surface area (Å²) in [6, 6.07) is 10.2. The van der Waals surface area contributed by atoms with Crippen LogP contribution in [0.25, 0.3) is 17.2 Å². The molecule has 0 bridgehead atoms. The number of rotatable bonds is 3. The van der Waals surface area contributed by atoms with Crippen LogP contribution in [0.1, 0.15) is 31.4 Å². The number of aromatic nitrogens is 1. The predicted octanol–water partition coefficient (Wildman–Crippen LogP) is 5.72. The van der Waals surface area contributed by atoms with E-state index in [-0.39, 0.29) is 36.4 Å². The Labute approximate surface area is 173 Å². The molecule has 0 N–H and O–H groups in total. The van der Waals surface area contributed by atoms with Crippen LogP contribution in [0.3, 0.4) is 0 Å². The highest BCUT2D eigenvalue weighted by Crippen LogP contribution is 2.57. The Kier molecular flexibility index (Phi) is 4.94. The van der Waals surface area contributed by atoms with Gasteiger partial charge in [-0.2, -0.15) is 0 Å². The number of ether oxygens (including phenoxy) is 2. The van der Waals surface area contributed by atoms with Crippen LogP contribution in [0.4, 0.5) is 13.2 Å². The van der Waals surface area contributed by atoms with E-state index < -0.39 is 11.7 Å². The summed E-state index contributed by atoms with van der Waals surface area (Å²) in [5, 5.41) is 0. The molecule has 3 aliphatic rings. The van der Waals surface area contributed by atoms with Gasteiger partial charge in [-0.05, 0) is 48.1 Å². The maximum absolute atomic E-state index is 14.0. The fourth-order valence-electron chi connectivity index (χ4n) is 5.39. The second-order valence-corrected chi connectivity index (χ2v) is 8.60. The van der Waals surface area contributed by atoms with Crippen molar-refractivity contribution in [1.82, 2.24) is 4.98 Å². The Hall–Kier alpha value is -2.18. The van der Waals surface area contributed by atoms with Crippen molar-refractivity contribution in [2.75, 3.05) is 13.2 Å². The van der Waals surface area contributed by atoms with Gasteiger partial charge < -0.3 is 9.47 Å². The third kappa shape index (κ3) is 3.67. The van der Waals surface area contributed by atoms with Crippen LogP contribution in [0.5, 0.6) is 0 Å². The van der Waals surface area contributed by atoms with Crippen molar-refractivity contribution in [3.8, 4) is 11.1 Å². The van der Waals surface area contributed by atoms with Crippen molar-refractivity contribution in [3.05, 3.63) is 60.2 Å². The third-order valence-electron chi connectivity index (χ3n) is 6.72. The Morgan fingerprint density at radius 1 is 1.03 bits per heavy atom. The molecule has 3 nitrogen and oxygen atoms in total. The predicted molar refractivity (Wildman–Crippen MR) is 107 cm³/mol. The van der Waals surface area contributed by atoms with Gasteiger partial charge in [-0.3, -0.25) is 4.98 Å². The van der Waals surface area contributed by atoms with Gasteiger partial charge in [0, 0.05) is 36.9 Å². The van der Waals surface area contributed by atoms with E-state index in [4.69, 9.17) is 9.47 Å². The van der Waals surface area contributed by atoms with Crippen molar-refractivity contribution in [1.29, 1.82) is 0 Å². The molecule has 3 atom stereocenters. The smallest absolute Gasteiger partial charge is 0.248 e. The van der Waals surface area contributed by atoms with Crippen LogP contribution >= 0.6 is 0 Å². The highest BCUT2D eigenvalue weighted by molar-refractivity contribution is 5.63. The quantitative estimate of drug-likeness (QED) is 0.643. The molecule has 0 amide bonds. The lowest BCUT2D eigenvalue weighted by molar-refractivity contribution is -0.175. The summed E-state index contributed by atoms with van der Waals surface area (Å²) < 4.78 is 53.3. The molecule has 3 fully saturated rings. The van der Waals surface area contributed by atoms with Crippen LogP contribution in [0, 0.1) is 23.6 Å².